The van der Waals surface area contributed by atoms with Crippen LogP contribution in [0.2, 0.25) is 0 Å². The van der Waals surface area contributed by atoms with Gasteiger partial charge >= 0.3 is 5.97 Å². The van der Waals surface area contributed by atoms with E-state index in [0.29, 0.717) is 11.0 Å². The van der Waals surface area contributed by atoms with Gasteiger partial charge in [-0.1, -0.05) is 25.1 Å². The Hall–Kier alpha value is -1.99. The minimum Gasteiger partial charge on any atom is -0.458 e. The van der Waals surface area contributed by atoms with E-state index in [2.05, 4.69) is 10.6 Å². The molecule has 3 rings (SSSR count). The molecule has 7 heteroatoms. The van der Waals surface area contributed by atoms with Crippen molar-refractivity contribution in [3.05, 3.63) is 35.6 Å². The number of nitrogens with one attached hydrogen (secondary N) is 2. The molecular formula is C24H35FN2O4. The van der Waals surface area contributed by atoms with Gasteiger partial charge < -0.3 is 20.1 Å². The van der Waals surface area contributed by atoms with E-state index in [0.717, 1.165) is 13.0 Å². The molecule has 31 heavy (non-hydrogen) atoms. The smallest absolute Gasteiger partial charge is 0.329 e. The second kappa shape index (κ2) is 9.25. The number of hydrogen-bond acceptors (Lipinski definition) is 5. The number of carbonyl (C=O) groups excluding carboxylic acids is 2. The number of hydrogen-bond donors (Lipinski definition) is 2. The molecule has 1 aliphatic heterocycles. The molecule has 1 amide bonds. The van der Waals surface area contributed by atoms with Crippen LogP contribution < -0.4 is 10.6 Å². The molecule has 0 aromatic heterocycles. The average molecular weight is 435 g/mol. The number of amides is 1. The zero-order valence-corrected chi connectivity index (χ0v) is 19.2. The molecular weight excluding hydrogens is 399 g/mol. The van der Waals surface area contributed by atoms with Gasteiger partial charge in [0.05, 0.1) is 12.0 Å². The molecule has 1 spiro atoms. The van der Waals surface area contributed by atoms with Crippen molar-refractivity contribution in [2.75, 3.05) is 13.7 Å². The van der Waals surface area contributed by atoms with Crippen LogP contribution in [0.3, 0.4) is 0 Å². The first-order valence-electron chi connectivity index (χ1n) is 11.1. The highest BCUT2D eigenvalue weighted by atomic mass is 19.1. The normalized spacial score (nSPS) is 22.6. The summed E-state index contributed by atoms with van der Waals surface area (Å²) in [6.07, 6.45) is 3.14. The Morgan fingerprint density at radius 3 is 2.52 bits per heavy atom. The van der Waals surface area contributed by atoms with Crippen LogP contribution in [0.5, 0.6) is 0 Å². The van der Waals surface area contributed by atoms with Gasteiger partial charge in [-0.2, -0.15) is 0 Å². The molecule has 4 atom stereocenters. The van der Waals surface area contributed by atoms with Crippen LogP contribution in [0.15, 0.2) is 24.3 Å². The molecule has 2 fully saturated rings. The molecule has 1 saturated carbocycles. The quantitative estimate of drug-likeness (QED) is 0.615. The Morgan fingerprint density at radius 1 is 1.29 bits per heavy atom. The van der Waals surface area contributed by atoms with Crippen molar-refractivity contribution in [1.29, 1.82) is 0 Å². The molecule has 0 radical (unpaired) electrons. The molecule has 2 aliphatic rings. The van der Waals surface area contributed by atoms with Crippen molar-refractivity contribution in [2.24, 2.45) is 11.3 Å². The van der Waals surface area contributed by atoms with Crippen LogP contribution in [0.4, 0.5) is 4.39 Å². The maximum Gasteiger partial charge on any atom is 0.329 e. The summed E-state index contributed by atoms with van der Waals surface area (Å²) >= 11 is 0. The maximum absolute atomic E-state index is 14.2. The van der Waals surface area contributed by atoms with Gasteiger partial charge in [0.2, 0.25) is 5.91 Å². The second-order valence-corrected chi connectivity index (χ2v) is 10.1. The molecule has 1 unspecified atom stereocenters. The fourth-order valence-corrected chi connectivity index (χ4v) is 4.37. The van der Waals surface area contributed by atoms with Crippen molar-refractivity contribution >= 4 is 11.9 Å². The third kappa shape index (κ3) is 6.04. The molecule has 6 nitrogen and oxygen atoms in total. The third-order valence-electron chi connectivity index (χ3n) is 6.31. The van der Waals surface area contributed by atoms with E-state index in [4.69, 9.17) is 9.47 Å². The van der Waals surface area contributed by atoms with Gasteiger partial charge in [0.1, 0.15) is 17.5 Å². The fourth-order valence-electron chi connectivity index (χ4n) is 4.37. The summed E-state index contributed by atoms with van der Waals surface area (Å²) < 4.78 is 25.4. The highest BCUT2D eigenvalue weighted by molar-refractivity contribution is 5.86. The zero-order chi connectivity index (χ0) is 22.8. The summed E-state index contributed by atoms with van der Waals surface area (Å²) in [4.78, 5) is 25.9. The van der Waals surface area contributed by atoms with Crippen LogP contribution >= 0.6 is 0 Å². The molecule has 1 aliphatic carbocycles. The maximum atomic E-state index is 14.2. The van der Waals surface area contributed by atoms with Crippen LogP contribution in [-0.4, -0.2) is 49.3 Å². The van der Waals surface area contributed by atoms with Crippen LogP contribution in [-0.2, 0) is 25.5 Å². The van der Waals surface area contributed by atoms with E-state index in [1.54, 1.807) is 53.0 Å². The topological polar surface area (TPSA) is 76.7 Å². The highest BCUT2D eigenvalue weighted by Crippen LogP contribution is 2.52. The first-order chi connectivity index (χ1) is 14.5. The lowest BCUT2D eigenvalue weighted by Gasteiger charge is -2.30. The SMILES string of the molecule is CO[C@@H]([C@@H]1CC2(CC2)CN1)[C@@H](C)C(=O)NC(Cc1ccccc1F)C(=O)OC(C)(C)C. The van der Waals surface area contributed by atoms with Crippen LogP contribution in [0.1, 0.15) is 52.5 Å². The molecule has 1 saturated heterocycles. The Labute approximate surface area is 184 Å². The van der Waals surface area contributed by atoms with E-state index in [-0.39, 0.29) is 24.5 Å². The van der Waals surface area contributed by atoms with Gasteiger partial charge in [-0.15, -0.1) is 0 Å². The summed E-state index contributed by atoms with van der Waals surface area (Å²) in [5.41, 5.74) is 0.00636. The Kier molecular flexibility index (Phi) is 7.06. The molecule has 1 aromatic carbocycles. The predicted octanol–water partition coefficient (Wildman–Crippen LogP) is 2.99. The fraction of sp³-hybridized carbons (Fsp3) is 0.667. The van der Waals surface area contributed by atoms with E-state index in [1.165, 1.54) is 18.9 Å². The number of carbonyl (C=O) groups is 2. The van der Waals surface area contributed by atoms with Crippen LogP contribution in [0, 0.1) is 17.2 Å². The summed E-state index contributed by atoms with van der Waals surface area (Å²) in [5.74, 6) is -1.79. The average Bonchev–Trinajstić information content (AvgIpc) is 3.32. The molecule has 1 aromatic rings. The van der Waals surface area contributed by atoms with E-state index < -0.39 is 29.3 Å². The lowest BCUT2D eigenvalue weighted by Crippen LogP contribution is -2.51. The highest BCUT2D eigenvalue weighted by Gasteiger charge is 2.51. The largest absolute Gasteiger partial charge is 0.458 e. The molecule has 1 heterocycles. The van der Waals surface area contributed by atoms with E-state index in [1.807, 2.05) is 0 Å². The molecule has 0 bridgehead atoms. The Balaban J connectivity index is 1.71. The third-order valence-corrected chi connectivity index (χ3v) is 6.31. The lowest BCUT2D eigenvalue weighted by molar-refractivity contribution is -0.159. The summed E-state index contributed by atoms with van der Waals surface area (Å²) in [6.45, 7) is 8.04. The number of ether oxygens (including phenoxy) is 2. The molecule has 172 valence electrons. The van der Waals surface area contributed by atoms with Gasteiger partial charge in [-0.25, -0.2) is 9.18 Å². The number of rotatable bonds is 8. The lowest BCUT2D eigenvalue weighted by atomic mass is 9.92. The zero-order valence-electron chi connectivity index (χ0n) is 19.2. The van der Waals surface area contributed by atoms with Gasteiger partial charge in [0.15, 0.2) is 0 Å². The van der Waals surface area contributed by atoms with Gasteiger partial charge in [-0.3, -0.25) is 4.79 Å². The first-order valence-corrected chi connectivity index (χ1v) is 11.1. The van der Waals surface area contributed by atoms with Crippen molar-refractivity contribution in [1.82, 2.24) is 10.6 Å². The van der Waals surface area contributed by atoms with Crippen molar-refractivity contribution < 1.29 is 23.5 Å². The van der Waals surface area contributed by atoms with Crippen molar-refractivity contribution in [3.63, 3.8) is 0 Å². The van der Waals surface area contributed by atoms with Crippen LogP contribution in [0.25, 0.3) is 0 Å². The van der Waals surface area contributed by atoms with Gasteiger partial charge in [0.25, 0.3) is 0 Å². The predicted molar refractivity (Wildman–Crippen MR) is 116 cm³/mol. The monoisotopic (exact) mass is 434 g/mol. The number of esters is 1. The molecule has 2 N–H and O–H groups in total. The summed E-state index contributed by atoms with van der Waals surface area (Å²) in [5, 5.41) is 6.31. The minimum atomic E-state index is -0.991. The minimum absolute atomic E-state index is 0.0164. The Morgan fingerprint density at radius 2 is 1.97 bits per heavy atom. The first kappa shape index (κ1) is 23.7. The number of methoxy groups -OCH3 is 1. The number of benzene rings is 1. The summed E-state index contributed by atoms with van der Waals surface area (Å²) in [6, 6.07) is 5.35. The van der Waals surface area contributed by atoms with E-state index in [9.17, 15) is 14.0 Å². The van der Waals surface area contributed by atoms with Crippen molar-refractivity contribution in [3.8, 4) is 0 Å². The Bertz CT molecular complexity index is 803. The standard InChI is InChI=1S/C24H35FN2O4/c1-15(20(30-5)19-13-24(10-11-24)14-26-19)21(28)27-18(22(29)31-23(2,3)4)12-16-8-6-7-9-17(16)25/h6-9,15,18-20,26H,10-14H2,1-5H3,(H,27,28)/t15-,18?,19+,20-/m1/s1. The second-order valence-electron chi connectivity index (χ2n) is 10.1. The van der Waals surface area contributed by atoms with Crippen molar-refractivity contribution in [2.45, 2.75) is 77.2 Å². The summed E-state index contributed by atoms with van der Waals surface area (Å²) in [7, 11) is 1.61. The number of halogens is 1. The van der Waals surface area contributed by atoms with Gasteiger partial charge in [-0.05, 0) is 57.1 Å². The van der Waals surface area contributed by atoms with E-state index >= 15 is 0 Å². The van der Waals surface area contributed by atoms with Gasteiger partial charge in [0, 0.05) is 26.1 Å².